The molecule has 1 aliphatic rings. The van der Waals surface area contributed by atoms with Crippen LogP contribution in [0.4, 0.5) is 8.78 Å². The van der Waals surface area contributed by atoms with Gasteiger partial charge in [0.05, 0.1) is 10.0 Å². The second-order valence-corrected chi connectivity index (χ2v) is 8.39. The highest BCUT2D eigenvalue weighted by Gasteiger charge is 2.23. The Labute approximate surface area is 195 Å². The number of aliphatic hydroxyl groups is 1. The van der Waals surface area contributed by atoms with Crippen LogP contribution in [0.1, 0.15) is 12.8 Å². The Kier molecular flexibility index (Phi) is 8.92. The molecule has 2 N–H and O–H groups in total. The lowest BCUT2D eigenvalue weighted by Gasteiger charge is -2.34. The van der Waals surface area contributed by atoms with E-state index in [9.17, 15) is 18.7 Å². The van der Waals surface area contributed by atoms with Gasteiger partial charge in [-0.2, -0.15) is 0 Å². The largest absolute Gasteiger partial charge is 0.491 e. The highest BCUT2D eigenvalue weighted by molar-refractivity contribution is 6.31. The number of benzene rings is 2. The predicted molar refractivity (Wildman–Crippen MR) is 117 cm³/mol. The minimum absolute atomic E-state index is 0.0000892. The number of hydrogen-bond acceptors (Lipinski definition) is 5. The van der Waals surface area contributed by atoms with Crippen molar-refractivity contribution in [3.63, 3.8) is 0 Å². The third-order valence-corrected chi connectivity index (χ3v) is 5.55. The van der Waals surface area contributed by atoms with Gasteiger partial charge in [-0.15, -0.1) is 0 Å². The molecule has 1 amide bonds. The van der Waals surface area contributed by atoms with Gasteiger partial charge < -0.3 is 19.9 Å². The van der Waals surface area contributed by atoms with Crippen LogP contribution in [0.15, 0.2) is 36.4 Å². The molecule has 1 fully saturated rings. The van der Waals surface area contributed by atoms with E-state index in [1.807, 2.05) is 4.90 Å². The third-order valence-electron chi connectivity index (χ3n) is 4.93. The molecule has 32 heavy (non-hydrogen) atoms. The smallest absolute Gasteiger partial charge is 0.258 e. The van der Waals surface area contributed by atoms with Gasteiger partial charge in [-0.25, -0.2) is 8.78 Å². The summed E-state index contributed by atoms with van der Waals surface area (Å²) in [4.78, 5) is 14.2. The summed E-state index contributed by atoms with van der Waals surface area (Å²) in [7, 11) is 0. The summed E-state index contributed by atoms with van der Waals surface area (Å²) >= 11 is 11.3. The lowest BCUT2D eigenvalue weighted by Crippen LogP contribution is -2.50. The second-order valence-electron chi connectivity index (χ2n) is 7.57. The first-order valence-electron chi connectivity index (χ1n) is 10.2. The molecule has 6 nitrogen and oxygen atoms in total. The number of β-amino-alcohol motifs (C(OH)–C–C–N with tert-alkyl or cyclic N) is 1. The Morgan fingerprint density at radius 3 is 2.38 bits per heavy atom. The standard InChI is InChI=1S/C22H24Cl2F2N2O4/c23-18-5-3-16(8-20(18)25)31-12-15(29)11-28-7-1-2-14(10-28)27-22(30)13-32-17-4-6-19(24)21(26)9-17/h3-6,8-9,14-15,29H,1-2,7,10-13H2,(H,27,30). The zero-order valence-corrected chi connectivity index (χ0v) is 18.7. The molecule has 0 spiro atoms. The fourth-order valence-corrected chi connectivity index (χ4v) is 3.67. The highest BCUT2D eigenvalue weighted by Crippen LogP contribution is 2.21. The van der Waals surface area contributed by atoms with Crippen molar-refractivity contribution in [1.82, 2.24) is 10.2 Å². The second kappa shape index (κ2) is 11.7. The molecule has 1 aliphatic heterocycles. The molecule has 2 aromatic carbocycles. The summed E-state index contributed by atoms with van der Waals surface area (Å²) in [6, 6.07) is 7.97. The van der Waals surface area contributed by atoms with Gasteiger partial charge in [0, 0.05) is 31.3 Å². The molecule has 2 atom stereocenters. The van der Waals surface area contributed by atoms with Crippen LogP contribution in [0.3, 0.4) is 0 Å². The molecule has 0 saturated carbocycles. The minimum Gasteiger partial charge on any atom is -0.491 e. The fourth-order valence-electron chi connectivity index (χ4n) is 3.43. The maximum absolute atomic E-state index is 13.5. The van der Waals surface area contributed by atoms with Crippen LogP contribution in [-0.2, 0) is 4.79 Å². The molecule has 0 bridgehead atoms. The molecular formula is C22H24Cl2F2N2O4. The Balaban J connectivity index is 1.39. The van der Waals surface area contributed by atoms with E-state index in [2.05, 4.69) is 5.32 Å². The summed E-state index contributed by atoms with van der Waals surface area (Å²) in [5, 5.41) is 13.2. The van der Waals surface area contributed by atoms with E-state index < -0.39 is 17.7 Å². The lowest BCUT2D eigenvalue weighted by atomic mass is 10.1. The van der Waals surface area contributed by atoms with E-state index in [1.165, 1.54) is 30.3 Å². The van der Waals surface area contributed by atoms with Crippen LogP contribution in [0.25, 0.3) is 0 Å². The molecular weight excluding hydrogens is 465 g/mol. The third kappa shape index (κ3) is 7.48. The number of nitrogens with one attached hydrogen (secondary N) is 1. The monoisotopic (exact) mass is 488 g/mol. The molecule has 174 valence electrons. The first-order valence-corrected chi connectivity index (χ1v) is 10.9. The summed E-state index contributed by atoms with van der Waals surface area (Å²) in [5.74, 6) is -1.01. The molecule has 2 aromatic rings. The van der Waals surface area contributed by atoms with Crippen molar-refractivity contribution in [1.29, 1.82) is 0 Å². The maximum atomic E-state index is 13.5. The summed E-state index contributed by atoms with van der Waals surface area (Å²) in [6.45, 7) is 1.45. The molecule has 0 aliphatic carbocycles. The average molecular weight is 489 g/mol. The van der Waals surface area contributed by atoms with Crippen LogP contribution in [0.2, 0.25) is 10.0 Å². The van der Waals surface area contributed by atoms with Crippen LogP contribution in [-0.4, -0.2) is 60.9 Å². The number of aliphatic hydroxyl groups excluding tert-OH is 1. The van der Waals surface area contributed by atoms with Crippen molar-refractivity contribution in [3.8, 4) is 11.5 Å². The SMILES string of the molecule is O=C(COc1ccc(Cl)c(F)c1)NC1CCCN(CC(O)COc2ccc(Cl)c(F)c2)C1. The molecule has 0 aromatic heterocycles. The first kappa shape index (κ1) is 24.5. The number of amides is 1. The fraction of sp³-hybridized carbons (Fsp3) is 0.409. The summed E-state index contributed by atoms with van der Waals surface area (Å²) in [5.41, 5.74) is 0. The van der Waals surface area contributed by atoms with E-state index in [0.717, 1.165) is 25.5 Å². The number of likely N-dealkylation sites (tertiary alicyclic amines) is 1. The topological polar surface area (TPSA) is 71.0 Å². The van der Waals surface area contributed by atoms with Gasteiger partial charge in [0.1, 0.15) is 35.8 Å². The number of ether oxygens (including phenoxy) is 2. The quantitative estimate of drug-likeness (QED) is 0.563. The highest BCUT2D eigenvalue weighted by atomic mass is 35.5. The Morgan fingerprint density at radius 1 is 1.12 bits per heavy atom. The molecule has 1 saturated heterocycles. The normalized spacial score (nSPS) is 17.6. The predicted octanol–water partition coefficient (Wildman–Crippen LogP) is 3.67. The maximum Gasteiger partial charge on any atom is 0.258 e. The molecule has 10 heteroatoms. The Bertz CT molecular complexity index is 935. The number of halogens is 4. The van der Waals surface area contributed by atoms with Crippen molar-refractivity contribution >= 4 is 29.1 Å². The Hall–Kier alpha value is -2.13. The molecule has 2 unspecified atom stereocenters. The van der Waals surface area contributed by atoms with Gasteiger partial charge in [-0.05, 0) is 43.7 Å². The number of carbonyl (C=O) groups excluding carboxylic acids is 1. The first-order chi connectivity index (χ1) is 15.3. The van der Waals surface area contributed by atoms with Crippen molar-refractivity contribution in [2.45, 2.75) is 25.0 Å². The van der Waals surface area contributed by atoms with Gasteiger partial charge in [0.2, 0.25) is 0 Å². The zero-order valence-electron chi connectivity index (χ0n) is 17.2. The average Bonchev–Trinajstić information content (AvgIpc) is 2.75. The van der Waals surface area contributed by atoms with E-state index >= 15 is 0 Å². The molecule has 1 heterocycles. The van der Waals surface area contributed by atoms with E-state index in [1.54, 1.807) is 0 Å². The van der Waals surface area contributed by atoms with Crippen molar-refractivity contribution in [2.75, 3.05) is 32.8 Å². The Morgan fingerprint density at radius 2 is 1.75 bits per heavy atom. The van der Waals surface area contributed by atoms with Crippen LogP contribution >= 0.6 is 23.2 Å². The van der Waals surface area contributed by atoms with Crippen LogP contribution < -0.4 is 14.8 Å². The van der Waals surface area contributed by atoms with Crippen LogP contribution in [0.5, 0.6) is 11.5 Å². The number of hydrogen-bond donors (Lipinski definition) is 2. The van der Waals surface area contributed by atoms with Crippen molar-refractivity contribution in [3.05, 3.63) is 58.1 Å². The minimum atomic E-state index is -0.786. The van der Waals surface area contributed by atoms with Crippen molar-refractivity contribution in [2.24, 2.45) is 0 Å². The number of rotatable bonds is 9. The van der Waals surface area contributed by atoms with Gasteiger partial charge in [0.15, 0.2) is 6.61 Å². The van der Waals surface area contributed by atoms with Gasteiger partial charge in [-0.1, -0.05) is 23.2 Å². The van der Waals surface area contributed by atoms with E-state index in [0.29, 0.717) is 13.1 Å². The van der Waals surface area contributed by atoms with Crippen molar-refractivity contribution < 1.29 is 28.2 Å². The van der Waals surface area contributed by atoms with Gasteiger partial charge in [-0.3, -0.25) is 9.69 Å². The summed E-state index contributed by atoms with van der Waals surface area (Å²) in [6.07, 6.45) is 0.866. The zero-order chi connectivity index (χ0) is 23.1. The van der Waals surface area contributed by atoms with Gasteiger partial charge in [0.25, 0.3) is 5.91 Å². The summed E-state index contributed by atoms with van der Waals surface area (Å²) < 4.78 is 37.6. The van der Waals surface area contributed by atoms with Gasteiger partial charge >= 0.3 is 0 Å². The molecule has 3 rings (SSSR count). The van der Waals surface area contributed by atoms with E-state index in [4.69, 9.17) is 32.7 Å². The number of piperidine rings is 1. The number of carbonyl (C=O) groups is 1. The lowest BCUT2D eigenvalue weighted by molar-refractivity contribution is -0.124. The number of nitrogens with zero attached hydrogens (tertiary/aromatic N) is 1. The van der Waals surface area contributed by atoms with E-state index in [-0.39, 0.29) is 46.7 Å². The molecule has 0 radical (unpaired) electrons. The van der Waals surface area contributed by atoms with Crippen LogP contribution in [0, 0.1) is 11.6 Å².